The van der Waals surface area contributed by atoms with Crippen LogP contribution in [0.2, 0.25) is 0 Å². The molecule has 134 valence electrons. The summed E-state index contributed by atoms with van der Waals surface area (Å²) in [4.78, 5) is 12.7. The lowest BCUT2D eigenvalue weighted by Crippen LogP contribution is -2.53. The summed E-state index contributed by atoms with van der Waals surface area (Å²) in [6, 6.07) is 7.28. The maximum Gasteiger partial charge on any atom is 0.404 e. The quantitative estimate of drug-likeness (QED) is 0.849. The molecule has 0 radical (unpaired) electrons. The molecule has 1 saturated heterocycles. The molecule has 1 aliphatic rings. The van der Waals surface area contributed by atoms with Crippen molar-refractivity contribution in [3.05, 3.63) is 35.9 Å². The molecule has 1 aromatic carbocycles. The fraction of sp³-hybridized carbons (Fsp3) is 0.533. The molecule has 0 aromatic heterocycles. The van der Waals surface area contributed by atoms with E-state index in [1.807, 2.05) is 0 Å². The van der Waals surface area contributed by atoms with Gasteiger partial charge in [0.2, 0.25) is 5.91 Å². The van der Waals surface area contributed by atoms with Crippen LogP contribution in [0.15, 0.2) is 30.3 Å². The second kappa shape index (κ2) is 6.27. The molecule has 2 rings (SSSR count). The Morgan fingerprint density at radius 1 is 1.12 bits per heavy atom. The highest BCUT2D eigenvalue weighted by Gasteiger charge is 2.72. The number of carbonyl (C=O) groups excluding carboxylic acids is 1. The first-order valence-corrected chi connectivity index (χ1v) is 7.20. The van der Waals surface area contributed by atoms with E-state index in [0.29, 0.717) is 10.5 Å². The molecule has 9 heteroatoms. The van der Waals surface area contributed by atoms with E-state index in [2.05, 4.69) is 0 Å². The first kappa shape index (κ1) is 18.6. The number of likely N-dealkylation sites (tertiary alicyclic amines) is 1. The van der Waals surface area contributed by atoms with Gasteiger partial charge >= 0.3 is 12.4 Å². The van der Waals surface area contributed by atoms with E-state index in [1.54, 1.807) is 30.3 Å². The highest BCUT2D eigenvalue weighted by atomic mass is 19.4. The standard InChI is InChI=1S/C15H16F6N2O/c16-14(17,18)13(15(19,20)21)6-7-23(9-13)12(24)11(22)8-10-4-2-1-3-5-10/h1-5,11H,6-9,22H2/t11-/m0/s1. The van der Waals surface area contributed by atoms with Crippen molar-refractivity contribution in [1.82, 2.24) is 4.90 Å². The number of nitrogens with two attached hydrogens (primary N) is 1. The van der Waals surface area contributed by atoms with Gasteiger partial charge in [0.1, 0.15) is 0 Å². The third-order valence-corrected chi connectivity index (χ3v) is 4.28. The van der Waals surface area contributed by atoms with Gasteiger partial charge in [0.25, 0.3) is 0 Å². The van der Waals surface area contributed by atoms with Crippen LogP contribution in [-0.4, -0.2) is 42.3 Å². The zero-order chi connectivity index (χ0) is 18.2. The predicted octanol–water partition coefficient (Wildman–Crippen LogP) is 2.90. The van der Waals surface area contributed by atoms with Gasteiger partial charge in [-0.05, 0) is 18.4 Å². The Morgan fingerprint density at radius 2 is 1.67 bits per heavy atom. The van der Waals surface area contributed by atoms with Gasteiger partial charge in [-0.3, -0.25) is 4.79 Å². The van der Waals surface area contributed by atoms with E-state index in [0.717, 1.165) is 0 Å². The summed E-state index contributed by atoms with van der Waals surface area (Å²) in [5.74, 6) is -0.908. The number of halogens is 6. The number of amides is 1. The van der Waals surface area contributed by atoms with Crippen molar-refractivity contribution in [2.24, 2.45) is 11.1 Å². The Labute approximate surface area is 134 Å². The van der Waals surface area contributed by atoms with Gasteiger partial charge in [-0.15, -0.1) is 0 Å². The SMILES string of the molecule is N[C@@H](Cc1ccccc1)C(=O)N1CCC(C(F)(F)F)(C(F)(F)F)C1. The molecule has 0 bridgehead atoms. The Bertz CT molecular complexity index is 570. The summed E-state index contributed by atoms with van der Waals surface area (Å²) in [5.41, 5.74) is 2.47. The molecule has 1 aliphatic heterocycles. The molecule has 0 aliphatic carbocycles. The number of rotatable bonds is 3. The van der Waals surface area contributed by atoms with Crippen molar-refractivity contribution < 1.29 is 31.1 Å². The van der Waals surface area contributed by atoms with Crippen molar-refractivity contribution in [3.8, 4) is 0 Å². The Hall–Kier alpha value is -1.77. The molecule has 0 unspecified atom stereocenters. The van der Waals surface area contributed by atoms with E-state index in [9.17, 15) is 31.1 Å². The second-order valence-electron chi connectivity index (χ2n) is 5.88. The molecule has 1 heterocycles. The number of nitrogens with zero attached hydrogens (tertiary/aromatic N) is 1. The van der Waals surface area contributed by atoms with E-state index in [4.69, 9.17) is 5.73 Å². The summed E-state index contributed by atoms with van der Waals surface area (Å²) in [5, 5.41) is 0. The van der Waals surface area contributed by atoms with Crippen molar-refractivity contribution in [3.63, 3.8) is 0 Å². The van der Waals surface area contributed by atoms with Gasteiger partial charge < -0.3 is 10.6 Å². The minimum atomic E-state index is -5.48. The summed E-state index contributed by atoms with van der Waals surface area (Å²) < 4.78 is 78.0. The first-order chi connectivity index (χ1) is 11.0. The highest BCUT2D eigenvalue weighted by Crippen LogP contribution is 2.55. The number of benzene rings is 1. The normalized spacial score (nSPS) is 19.4. The molecule has 2 N–H and O–H groups in total. The minimum absolute atomic E-state index is 0.0429. The number of alkyl halides is 6. The van der Waals surface area contributed by atoms with Gasteiger partial charge in [-0.1, -0.05) is 30.3 Å². The van der Waals surface area contributed by atoms with Crippen LogP contribution in [0.25, 0.3) is 0 Å². The Kier molecular flexibility index (Phi) is 4.85. The Morgan fingerprint density at radius 3 is 2.12 bits per heavy atom. The summed E-state index contributed by atoms with van der Waals surface area (Å²) >= 11 is 0. The lowest BCUT2D eigenvalue weighted by molar-refractivity contribution is -0.334. The zero-order valence-electron chi connectivity index (χ0n) is 12.5. The predicted molar refractivity (Wildman–Crippen MR) is 73.9 cm³/mol. The summed E-state index contributed by atoms with van der Waals surface area (Å²) in [6.07, 6.45) is -12.1. The molecule has 1 atom stereocenters. The topological polar surface area (TPSA) is 46.3 Å². The van der Waals surface area contributed by atoms with E-state index in [-0.39, 0.29) is 6.42 Å². The van der Waals surface area contributed by atoms with E-state index in [1.165, 1.54) is 0 Å². The van der Waals surface area contributed by atoms with Crippen molar-refractivity contribution in [2.75, 3.05) is 13.1 Å². The van der Waals surface area contributed by atoms with Crippen LogP contribution in [0.1, 0.15) is 12.0 Å². The maximum atomic E-state index is 13.0. The van der Waals surface area contributed by atoms with Crippen molar-refractivity contribution in [1.29, 1.82) is 0 Å². The van der Waals surface area contributed by atoms with Crippen LogP contribution >= 0.6 is 0 Å². The van der Waals surface area contributed by atoms with Gasteiger partial charge in [0, 0.05) is 13.1 Å². The maximum absolute atomic E-state index is 13.0. The lowest BCUT2D eigenvalue weighted by Gasteiger charge is -2.33. The second-order valence-corrected chi connectivity index (χ2v) is 5.88. The number of hydrogen-bond acceptors (Lipinski definition) is 2. The molecule has 1 aromatic rings. The average molecular weight is 354 g/mol. The van der Waals surface area contributed by atoms with Crippen LogP contribution in [0, 0.1) is 5.41 Å². The van der Waals surface area contributed by atoms with Gasteiger partial charge in [0.05, 0.1) is 6.04 Å². The van der Waals surface area contributed by atoms with Crippen LogP contribution in [0.4, 0.5) is 26.3 Å². The van der Waals surface area contributed by atoms with E-state index < -0.39 is 49.2 Å². The van der Waals surface area contributed by atoms with Gasteiger partial charge in [-0.2, -0.15) is 26.3 Å². The highest BCUT2D eigenvalue weighted by molar-refractivity contribution is 5.82. The fourth-order valence-electron chi connectivity index (χ4n) is 2.81. The number of carbonyl (C=O) groups is 1. The van der Waals surface area contributed by atoms with Crippen LogP contribution < -0.4 is 5.73 Å². The smallest absolute Gasteiger partial charge is 0.340 e. The van der Waals surface area contributed by atoms with Crippen LogP contribution in [0.3, 0.4) is 0 Å². The van der Waals surface area contributed by atoms with Crippen LogP contribution in [-0.2, 0) is 11.2 Å². The molecule has 0 spiro atoms. The third kappa shape index (κ3) is 3.35. The molecular formula is C15H16F6N2O. The summed E-state index contributed by atoms with van der Waals surface area (Å²) in [6.45, 7) is -2.07. The minimum Gasteiger partial charge on any atom is -0.340 e. The zero-order valence-corrected chi connectivity index (χ0v) is 12.5. The first-order valence-electron chi connectivity index (χ1n) is 7.20. The van der Waals surface area contributed by atoms with Gasteiger partial charge in [0.15, 0.2) is 5.41 Å². The monoisotopic (exact) mass is 354 g/mol. The molecule has 0 saturated carbocycles. The van der Waals surface area contributed by atoms with Crippen molar-refractivity contribution in [2.45, 2.75) is 31.2 Å². The molecule has 3 nitrogen and oxygen atoms in total. The molecule has 1 fully saturated rings. The largest absolute Gasteiger partial charge is 0.404 e. The fourth-order valence-corrected chi connectivity index (χ4v) is 2.81. The third-order valence-electron chi connectivity index (χ3n) is 4.28. The number of hydrogen-bond donors (Lipinski definition) is 1. The molecular weight excluding hydrogens is 338 g/mol. The Balaban J connectivity index is 2.12. The molecule has 24 heavy (non-hydrogen) atoms. The van der Waals surface area contributed by atoms with E-state index >= 15 is 0 Å². The van der Waals surface area contributed by atoms with Crippen molar-refractivity contribution >= 4 is 5.91 Å². The van der Waals surface area contributed by atoms with Gasteiger partial charge in [-0.25, -0.2) is 0 Å². The summed E-state index contributed by atoms with van der Waals surface area (Å²) in [7, 11) is 0. The average Bonchev–Trinajstić information content (AvgIpc) is 2.93. The lowest BCUT2D eigenvalue weighted by atomic mass is 9.85. The molecule has 1 amide bonds. The van der Waals surface area contributed by atoms with Crippen LogP contribution in [0.5, 0.6) is 0 Å².